The molecule has 1 aliphatic heterocycles. The number of aryl methyl sites for hydroxylation is 1. The molecule has 22 heavy (non-hydrogen) atoms. The first-order chi connectivity index (χ1) is 10.5. The molecule has 3 aliphatic carbocycles. The van der Waals surface area contributed by atoms with Crippen LogP contribution in [-0.2, 0) is 12.0 Å². The van der Waals surface area contributed by atoms with Crippen LogP contribution < -0.4 is 5.69 Å². The minimum absolute atomic E-state index is 0.0124. The number of nitrogens with zero attached hydrogens (tertiary/aromatic N) is 3. The molecule has 6 rings (SSSR count). The van der Waals surface area contributed by atoms with Crippen LogP contribution in [0.25, 0.3) is 0 Å². The zero-order valence-corrected chi connectivity index (χ0v) is 12.7. The van der Waals surface area contributed by atoms with Gasteiger partial charge in [0, 0.05) is 30.7 Å². The minimum Gasteiger partial charge on any atom is -0.271 e. The standard InChI is InChI=1S/C16H15ClFN3O/c17-11-3-1-2-10(6-11)12-4-5-13-19-21(14(22)20(12)13)16-7-15(18,8-16)9-16/h1-3,6,12H,4-5,7-9H2. The lowest BCUT2D eigenvalue weighted by Crippen LogP contribution is -2.72. The van der Waals surface area contributed by atoms with Crippen molar-refractivity contribution < 1.29 is 4.39 Å². The van der Waals surface area contributed by atoms with Crippen LogP contribution in [0.3, 0.4) is 0 Å². The number of fused-ring (bicyclic) bond motifs is 1. The Kier molecular flexibility index (Phi) is 2.24. The van der Waals surface area contributed by atoms with Gasteiger partial charge in [0.05, 0.1) is 11.6 Å². The van der Waals surface area contributed by atoms with Crippen molar-refractivity contribution in [3.8, 4) is 0 Å². The molecule has 1 atom stereocenters. The number of rotatable bonds is 2. The second-order valence-corrected chi connectivity index (χ2v) is 7.43. The summed E-state index contributed by atoms with van der Waals surface area (Å²) in [6, 6.07) is 7.62. The molecule has 114 valence electrons. The predicted molar refractivity (Wildman–Crippen MR) is 80.1 cm³/mol. The molecule has 4 aliphatic rings. The third kappa shape index (κ3) is 1.47. The van der Waals surface area contributed by atoms with Crippen molar-refractivity contribution in [3.63, 3.8) is 0 Å². The molecule has 1 aromatic heterocycles. The van der Waals surface area contributed by atoms with Gasteiger partial charge >= 0.3 is 5.69 Å². The highest BCUT2D eigenvalue weighted by molar-refractivity contribution is 6.30. The smallest absolute Gasteiger partial charge is 0.271 e. The highest BCUT2D eigenvalue weighted by atomic mass is 35.5. The van der Waals surface area contributed by atoms with E-state index in [9.17, 15) is 9.18 Å². The van der Waals surface area contributed by atoms with E-state index in [1.54, 1.807) is 9.25 Å². The molecule has 0 radical (unpaired) electrons. The van der Waals surface area contributed by atoms with E-state index < -0.39 is 5.67 Å². The van der Waals surface area contributed by atoms with Crippen LogP contribution in [0.1, 0.15) is 43.1 Å². The lowest BCUT2D eigenvalue weighted by molar-refractivity contribution is -0.205. The highest BCUT2D eigenvalue weighted by Gasteiger charge is 2.71. The van der Waals surface area contributed by atoms with Crippen molar-refractivity contribution in [1.29, 1.82) is 0 Å². The number of hydrogen-bond acceptors (Lipinski definition) is 2. The van der Waals surface area contributed by atoms with Crippen LogP contribution in [0.2, 0.25) is 5.02 Å². The first-order valence-corrected chi connectivity index (χ1v) is 8.03. The van der Waals surface area contributed by atoms with E-state index in [1.807, 2.05) is 24.3 Å². The summed E-state index contributed by atoms with van der Waals surface area (Å²) < 4.78 is 17.1. The average Bonchev–Trinajstić information content (AvgIpc) is 2.95. The van der Waals surface area contributed by atoms with E-state index in [0.717, 1.165) is 24.2 Å². The van der Waals surface area contributed by atoms with Gasteiger partial charge in [-0.2, -0.15) is 5.10 Å². The van der Waals surface area contributed by atoms with E-state index in [4.69, 9.17) is 11.6 Å². The van der Waals surface area contributed by atoms with Gasteiger partial charge in [-0.25, -0.2) is 13.9 Å². The molecule has 2 bridgehead atoms. The van der Waals surface area contributed by atoms with Crippen molar-refractivity contribution >= 4 is 11.6 Å². The molecule has 6 heteroatoms. The van der Waals surface area contributed by atoms with Crippen molar-refractivity contribution in [2.45, 2.75) is 49.4 Å². The molecule has 3 fully saturated rings. The first-order valence-electron chi connectivity index (χ1n) is 7.65. The maximum atomic E-state index is 13.8. The lowest BCUT2D eigenvalue weighted by Gasteiger charge is -2.64. The summed E-state index contributed by atoms with van der Waals surface area (Å²) >= 11 is 6.07. The topological polar surface area (TPSA) is 39.8 Å². The van der Waals surface area contributed by atoms with Crippen molar-refractivity contribution in [1.82, 2.24) is 14.3 Å². The molecule has 0 spiro atoms. The van der Waals surface area contributed by atoms with E-state index in [-0.39, 0.29) is 17.3 Å². The van der Waals surface area contributed by atoms with E-state index in [1.165, 1.54) is 0 Å². The van der Waals surface area contributed by atoms with Gasteiger partial charge in [-0.05, 0) is 24.1 Å². The van der Waals surface area contributed by atoms with Crippen LogP contribution in [-0.4, -0.2) is 20.0 Å². The Morgan fingerprint density at radius 3 is 2.77 bits per heavy atom. The number of hydrogen-bond donors (Lipinski definition) is 0. The molecule has 2 aromatic rings. The maximum Gasteiger partial charge on any atom is 0.347 e. The number of aromatic nitrogens is 3. The van der Waals surface area contributed by atoms with Crippen LogP contribution in [0.4, 0.5) is 4.39 Å². The van der Waals surface area contributed by atoms with Gasteiger partial charge in [-0.15, -0.1) is 0 Å². The van der Waals surface area contributed by atoms with Crippen molar-refractivity contribution in [2.75, 3.05) is 0 Å². The summed E-state index contributed by atoms with van der Waals surface area (Å²) in [7, 11) is 0. The predicted octanol–water partition coefficient (Wildman–Crippen LogP) is 2.83. The largest absolute Gasteiger partial charge is 0.347 e. The Morgan fingerprint density at radius 1 is 1.32 bits per heavy atom. The molecule has 3 saturated carbocycles. The Labute approximate surface area is 131 Å². The summed E-state index contributed by atoms with van der Waals surface area (Å²) in [5, 5.41) is 5.19. The molecular formula is C16H15ClFN3O. The molecule has 4 nitrogen and oxygen atoms in total. The van der Waals surface area contributed by atoms with E-state index in [2.05, 4.69) is 5.10 Å². The SMILES string of the molecule is O=c1n(C23CC(F)(C2)C3)nc2n1C(c1cccc(Cl)c1)CC2. The van der Waals surface area contributed by atoms with Gasteiger partial charge in [0.2, 0.25) is 0 Å². The van der Waals surface area contributed by atoms with Crippen LogP contribution in [0.15, 0.2) is 29.1 Å². The number of benzene rings is 1. The zero-order valence-electron chi connectivity index (χ0n) is 11.9. The van der Waals surface area contributed by atoms with Crippen molar-refractivity contribution in [3.05, 3.63) is 51.2 Å². The van der Waals surface area contributed by atoms with Crippen LogP contribution in [0, 0.1) is 0 Å². The minimum atomic E-state index is -1.03. The highest BCUT2D eigenvalue weighted by Crippen LogP contribution is 2.66. The molecular weight excluding hydrogens is 305 g/mol. The maximum absolute atomic E-state index is 13.8. The first kappa shape index (κ1) is 12.9. The summed E-state index contributed by atoms with van der Waals surface area (Å²) in [6.45, 7) is 0. The zero-order chi connectivity index (χ0) is 15.1. The third-order valence-electron chi connectivity index (χ3n) is 5.45. The lowest BCUT2D eigenvalue weighted by atomic mass is 9.47. The molecule has 1 unspecified atom stereocenters. The third-order valence-corrected chi connectivity index (χ3v) is 5.69. The Balaban J connectivity index is 1.58. The summed E-state index contributed by atoms with van der Waals surface area (Å²) in [5.41, 5.74) is -0.436. The summed E-state index contributed by atoms with van der Waals surface area (Å²) in [5.74, 6) is 0.813. The summed E-state index contributed by atoms with van der Waals surface area (Å²) in [4.78, 5) is 12.8. The van der Waals surface area contributed by atoms with Gasteiger partial charge in [-0.3, -0.25) is 4.57 Å². The van der Waals surface area contributed by atoms with E-state index in [0.29, 0.717) is 24.3 Å². The Hall–Kier alpha value is -1.62. The second-order valence-electron chi connectivity index (χ2n) is 7.00. The fourth-order valence-electron chi connectivity index (χ4n) is 4.47. The fraction of sp³-hybridized carbons (Fsp3) is 0.500. The van der Waals surface area contributed by atoms with Gasteiger partial charge in [0.1, 0.15) is 11.5 Å². The quantitative estimate of drug-likeness (QED) is 0.854. The van der Waals surface area contributed by atoms with Crippen LogP contribution >= 0.6 is 11.6 Å². The van der Waals surface area contributed by atoms with Crippen LogP contribution in [0.5, 0.6) is 0 Å². The normalized spacial score (nSPS) is 34.9. The molecule has 0 saturated heterocycles. The Bertz CT molecular complexity index is 836. The Morgan fingerprint density at radius 2 is 2.09 bits per heavy atom. The number of halogens is 2. The van der Waals surface area contributed by atoms with E-state index >= 15 is 0 Å². The average molecular weight is 320 g/mol. The molecule has 2 heterocycles. The second kappa shape index (κ2) is 3.82. The summed E-state index contributed by atoms with van der Waals surface area (Å²) in [6.07, 6.45) is 2.96. The monoisotopic (exact) mass is 319 g/mol. The molecule has 0 amide bonds. The molecule has 0 N–H and O–H groups in total. The number of alkyl halides is 1. The van der Waals surface area contributed by atoms with Gasteiger partial charge in [-0.1, -0.05) is 23.7 Å². The van der Waals surface area contributed by atoms with Crippen molar-refractivity contribution in [2.24, 2.45) is 0 Å². The molecule has 1 aromatic carbocycles. The fourth-order valence-corrected chi connectivity index (χ4v) is 4.67. The van der Waals surface area contributed by atoms with Gasteiger partial charge in [0.25, 0.3) is 0 Å². The van der Waals surface area contributed by atoms with Gasteiger partial charge in [0.15, 0.2) is 0 Å². The van der Waals surface area contributed by atoms with Gasteiger partial charge < -0.3 is 0 Å².